The van der Waals surface area contributed by atoms with Crippen molar-refractivity contribution in [2.24, 2.45) is 11.7 Å². The molecule has 0 amide bonds. The molecule has 0 saturated heterocycles. The van der Waals surface area contributed by atoms with Crippen molar-refractivity contribution in [1.29, 1.82) is 0 Å². The summed E-state index contributed by atoms with van der Waals surface area (Å²) in [6.45, 7) is 6.05. The Morgan fingerprint density at radius 2 is 2.00 bits per heavy atom. The highest BCUT2D eigenvalue weighted by molar-refractivity contribution is 6.30. The molecule has 1 heterocycles. The van der Waals surface area contributed by atoms with Crippen molar-refractivity contribution in [2.45, 2.75) is 26.8 Å². The maximum atomic E-state index is 5.98. The number of aryl methyl sites for hydroxylation is 1. The van der Waals surface area contributed by atoms with Crippen LogP contribution < -0.4 is 5.73 Å². The molecule has 13 heavy (non-hydrogen) atoms. The van der Waals surface area contributed by atoms with E-state index in [-0.39, 0.29) is 6.04 Å². The molecular formula is C10H15ClN2. The van der Waals surface area contributed by atoms with E-state index in [4.69, 9.17) is 17.3 Å². The quantitative estimate of drug-likeness (QED) is 0.743. The molecule has 0 aliphatic heterocycles. The van der Waals surface area contributed by atoms with Crippen LogP contribution in [0, 0.1) is 12.8 Å². The third kappa shape index (κ3) is 2.42. The molecule has 0 aliphatic rings. The molecule has 1 aromatic rings. The van der Waals surface area contributed by atoms with Gasteiger partial charge in [0.15, 0.2) is 0 Å². The first kappa shape index (κ1) is 10.5. The summed E-state index contributed by atoms with van der Waals surface area (Å²) in [5.41, 5.74) is 7.82. The van der Waals surface area contributed by atoms with E-state index >= 15 is 0 Å². The molecule has 1 rings (SSSR count). The first-order chi connectivity index (χ1) is 6.02. The summed E-state index contributed by atoms with van der Waals surface area (Å²) < 4.78 is 0. The first-order valence-corrected chi connectivity index (χ1v) is 4.78. The second-order valence-electron chi connectivity index (χ2n) is 3.60. The molecule has 0 aromatic carbocycles. The van der Waals surface area contributed by atoms with Gasteiger partial charge in [0, 0.05) is 17.3 Å². The maximum absolute atomic E-state index is 5.98. The standard InChI is InChI=1S/C10H15ClN2/c1-6(2)9(12)8-5-4-7(3)13-10(8)11/h4-6,9H,12H2,1-3H3/t9-/m1/s1. The fraction of sp³-hybridized carbons (Fsp3) is 0.500. The number of rotatable bonds is 2. The Morgan fingerprint density at radius 3 is 2.46 bits per heavy atom. The van der Waals surface area contributed by atoms with Gasteiger partial charge in [0.1, 0.15) is 5.15 Å². The van der Waals surface area contributed by atoms with Crippen molar-refractivity contribution in [2.75, 3.05) is 0 Å². The van der Waals surface area contributed by atoms with E-state index in [9.17, 15) is 0 Å². The molecule has 0 fully saturated rings. The summed E-state index contributed by atoms with van der Waals surface area (Å²) in [4.78, 5) is 4.16. The van der Waals surface area contributed by atoms with Gasteiger partial charge in [-0.1, -0.05) is 31.5 Å². The summed E-state index contributed by atoms with van der Waals surface area (Å²) in [6, 6.07) is 3.86. The van der Waals surface area contributed by atoms with Gasteiger partial charge in [-0.2, -0.15) is 0 Å². The highest BCUT2D eigenvalue weighted by Crippen LogP contribution is 2.24. The zero-order valence-corrected chi connectivity index (χ0v) is 8.97. The lowest BCUT2D eigenvalue weighted by atomic mass is 9.98. The number of hydrogen-bond donors (Lipinski definition) is 1. The normalized spacial score (nSPS) is 13.4. The fourth-order valence-corrected chi connectivity index (χ4v) is 1.47. The molecule has 0 aliphatic carbocycles. The van der Waals surface area contributed by atoms with Crippen LogP contribution in [0.4, 0.5) is 0 Å². The molecule has 0 radical (unpaired) electrons. The van der Waals surface area contributed by atoms with Gasteiger partial charge in [0.05, 0.1) is 0 Å². The number of aromatic nitrogens is 1. The van der Waals surface area contributed by atoms with Gasteiger partial charge in [-0.05, 0) is 18.9 Å². The van der Waals surface area contributed by atoms with E-state index in [0.717, 1.165) is 11.3 Å². The molecule has 0 bridgehead atoms. The van der Waals surface area contributed by atoms with Crippen LogP contribution >= 0.6 is 11.6 Å². The van der Waals surface area contributed by atoms with Crippen LogP contribution in [0.2, 0.25) is 5.15 Å². The smallest absolute Gasteiger partial charge is 0.134 e. The molecular weight excluding hydrogens is 184 g/mol. The molecule has 3 heteroatoms. The van der Waals surface area contributed by atoms with Gasteiger partial charge in [0.25, 0.3) is 0 Å². The van der Waals surface area contributed by atoms with E-state index in [1.165, 1.54) is 0 Å². The first-order valence-electron chi connectivity index (χ1n) is 4.41. The lowest BCUT2D eigenvalue weighted by molar-refractivity contribution is 0.513. The summed E-state index contributed by atoms with van der Waals surface area (Å²) in [7, 11) is 0. The zero-order chi connectivity index (χ0) is 10.0. The number of halogens is 1. The van der Waals surface area contributed by atoms with Gasteiger partial charge in [-0.15, -0.1) is 0 Å². The predicted molar refractivity (Wildman–Crippen MR) is 55.8 cm³/mol. The monoisotopic (exact) mass is 198 g/mol. The van der Waals surface area contributed by atoms with Crippen LogP contribution in [0.1, 0.15) is 31.1 Å². The minimum atomic E-state index is -0.0272. The number of hydrogen-bond acceptors (Lipinski definition) is 2. The third-order valence-electron chi connectivity index (χ3n) is 2.09. The van der Waals surface area contributed by atoms with Crippen molar-refractivity contribution in [3.05, 3.63) is 28.5 Å². The average Bonchev–Trinajstić information content (AvgIpc) is 2.03. The van der Waals surface area contributed by atoms with E-state index in [1.807, 2.05) is 19.1 Å². The second kappa shape index (κ2) is 4.07. The molecule has 0 spiro atoms. The molecule has 1 aromatic heterocycles. The number of pyridine rings is 1. The van der Waals surface area contributed by atoms with Gasteiger partial charge in [0.2, 0.25) is 0 Å². The van der Waals surface area contributed by atoms with Gasteiger partial charge >= 0.3 is 0 Å². The van der Waals surface area contributed by atoms with E-state index in [2.05, 4.69) is 18.8 Å². The number of nitrogens with two attached hydrogens (primary N) is 1. The molecule has 0 saturated carbocycles. The highest BCUT2D eigenvalue weighted by atomic mass is 35.5. The maximum Gasteiger partial charge on any atom is 0.134 e. The van der Waals surface area contributed by atoms with Crippen LogP contribution in [-0.2, 0) is 0 Å². The Morgan fingerprint density at radius 1 is 1.38 bits per heavy atom. The van der Waals surface area contributed by atoms with Crippen LogP contribution in [0.5, 0.6) is 0 Å². The number of nitrogens with zero attached hydrogens (tertiary/aromatic N) is 1. The third-order valence-corrected chi connectivity index (χ3v) is 2.40. The van der Waals surface area contributed by atoms with Crippen molar-refractivity contribution < 1.29 is 0 Å². The minimum absolute atomic E-state index is 0.0272. The summed E-state index contributed by atoms with van der Waals surface area (Å²) in [5.74, 6) is 0.377. The van der Waals surface area contributed by atoms with Gasteiger partial charge in [-0.25, -0.2) is 4.98 Å². The largest absolute Gasteiger partial charge is 0.324 e. The van der Waals surface area contributed by atoms with E-state index < -0.39 is 0 Å². The average molecular weight is 199 g/mol. The van der Waals surface area contributed by atoms with Gasteiger partial charge in [-0.3, -0.25) is 0 Å². The highest BCUT2D eigenvalue weighted by Gasteiger charge is 2.14. The SMILES string of the molecule is Cc1ccc([C@H](N)C(C)C)c(Cl)n1. The summed E-state index contributed by atoms with van der Waals surface area (Å²) in [5, 5.41) is 0.529. The van der Waals surface area contributed by atoms with Crippen molar-refractivity contribution in [3.8, 4) is 0 Å². The Balaban J connectivity index is 3.01. The second-order valence-corrected chi connectivity index (χ2v) is 3.96. The Labute approximate surface area is 84.1 Å². The van der Waals surface area contributed by atoms with Crippen LogP contribution in [0.3, 0.4) is 0 Å². The molecule has 2 N–H and O–H groups in total. The Kier molecular flexibility index (Phi) is 3.28. The lowest BCUT2D eigenvalue weighted by Crippen LogP contribution is -2.17. The minimum Gasteiger partial charge on any atom is -0.324 e. The molecule has 0 unspecified atom stereocenters. The summed E-state index contributed by atoms with van der Waals surface area (Å²) >= 11 is 5.98. The summed E-state index contributed by atoms with van der Waals surface area (Å²) in [6.07, 6.45) is 0. The molecule has 1 atom stereocenters. The Hall–Kier alpha value is -0.600. The van der Waals surface area contributed by atoms with Crippen molar-refractivity contribution >= 4 is 11.6 Å². The van der Waals surface area contributed by atoms with Crippen molar-refractivity contribution in [3.63, 3.8) is 0 Å². The van der Waals surface area contributed by atoms with Gasteiger partial charge < -0.3 is 5.73 Å². The zero-order valence-electron chi connectivity index (χ0n) is 8.21. The fourth-order valence-electron chi connectivity index (χ4n) is 1.14. The molecule has 72 valence electrons. The van der Waals surface area contributed by atoms with Crippen molar-refractivity contribution in [1.82, 2.24) is 4.98 Å². The lowest BCUT2D eigenvalue weighted by Gasteiger charge is -2.16. The van der Waals surface area contributed by atoms with Crippen LogP contribution in [-0.4, -0.2) is 4.98 Å². The Bertz CT molecular complexity index is 297. The predicted octanol–water partition coefficient (Wildman–Crippen LogP) is 2.70. The molecule has 2 nitrogen and oxygen atoms in total. The van der Waals surface area contributed by atoms with Crippen LogP contribution in [0.15, 0.2) is 12.1 Å². The topological polar surface area (TPSA) is 38.9 Å². The van der Waals surface area contributed by atoms with Crippen LogP contribution in [0.25, 0.3) is 0 Å². The van der Waals surface area contributed by atoms with E-state index in [0.29, 0.717) is 11.1 Å². The van der Waals surface area contributed by atoms with E-state index in [1.54, 1.807) is 0 Å².